The fourth-order valence-electron chi connectivity index (χ4n) is 2.42. The summed E-state index contributed by atoms with van der Waals surface area (Å²) in [5, 5.41) is 3.60. The van der Waals surface area contributed by atoms with Gasteiger partial charge in [-0.2, -0.15) is 0 Å². The van der Waals surface area contributed by atoms with E-state index in [9.17, 15) is 0 Å². The Morgan fingerprint density at radius 2 is 1.88 bits per heavy atom. The first-order valence-electron chi connectivity index (χ1n) is 6.31. The Kier molecular flexibility index (Phi) is 3.85. The van der Waals surface area contributed by atoms with Crippen molar-refractivity contribution in [3.63, 3.8) is 0 Å². The van der Waals surface area contributed by atoms with Gasteiger partial charge in [-0.25, -0.2) is 0 Å². The third-order valence-corrected chi connectivity index (χ3v) is 3.79. The van der Waals surface area contributed by atoms with E-state index in [-0.39, 0.29) is 11.1 Å². The van der Waals surface area contributed by atoms with Gasteiger partial charge < -0.3 is 20.5 Å². The third kappa shape index (κ3) is 3.17. The van der Waals surface area contributed by atoms with Gasteiger partial charge in [0.05, 0.1) is 6.61 Å². The van der Waals surface area contributed by atoms with Crippen LogP contribution in [0.2, 0.25) is 0 Å². The Balaban J connectivity index is 1.80. The molecule has 0 amide bonds. The van der Waals surface area contributed by atoms with Gasteiger partial charge in [0, 0.05) is 37.4 Å². The Morgan fingerprint density at radius 3 is 2.50 bits per heavy atom. The summed E-state index contributed by atoms with van der Waals surface area (Å²) in [6.07, 6.45) is 4.23. The van der Waals surface area contributed by atoms with Crippen LogP contribution in [0.4, 0.5) is 0 Å². The zero-order chi connectivity index (χ0) is 11.5. The van der Waals surface area contributed by atoms with Gasteiger partial charge in [0.1, 0.15) is 0 Å². The summed E-state index contributed by atoms with van der Waals surface area (Å²) >= 11 is 0. The van der Waals surface area contributed by atoms with Crippen molar-refractivity contribution < 1.29 is 9.47 Å². The molecule has 0 spiro atoms. The molecule has 2 rings (SSSR count). The molecule has 0 aromatic heterocycles. The average molecular weight is 228 g/mol. The minimum absolute atomic E-state index is 0.0846. The van der Waals surface area contributed by atoms with Crippen LogP contribution in [0.25, 0.3) is 0 Å². The van der Waals surface area contributed by atoms with Gasteiger partial charge in [0.15, 0.2) is 0 Å². The van der Waals surface area contributed by atoms with Crippen molar-refractivity contribution >= 4 is 0 Å². The number of hydrogen-bond acceptors (Lipinski definition) is 4. The molecule has 1 unspecified atom stereocenters. The lowest BCUT2D eigenvalue weighted by atomic mass is 9.88. The minimum atomic E-state index is -0.0846. The predicted octanol–water partition coefficient (Wildman–Crippen LogP) is 0.653. The van der Waals surface area contributed by atoms with Crippen LogP contribution in [-0.2, 0) is 9.47 Å². The Morgan fingerprint density at radius 1 is 1.12 bits per heavy atom. The van der Waals surface area contributed by atoms with E-state index in [1.165, 1.54) is 6.42 Å². The van der Waals surface area contributed by atoms with E-state index in [4.69, 9.17) is 15.2 Å². The van der Waals surface area contributed by atoms with Gasteiger partial charge in [-0.15, -0.1) is 0 Å². The lowest BCUT2D eigenvalue weighted by Crippen LogP contribution is -2.59. The second kappa shape index (κ2) is 5.00. The summed E-state index contributed by atoms with van der Waals surface area (Å²) < 4.78 is 10.9. The standard InChI is InChI=1S/C12H24N2O2/c1-11(3-2-6-16-10-11)14-9-12(13)4-7-15-8-5-12/h14H,2-10,13H2,1H3. The molecule has 2 saturated heterocycles. The van der Waals surface area contributed by atoms with Crippen LogP contribution in [0, 0.1) is 0 Å². The minimum Gasteiger partial charge on any atom is -0.381 e. The topological polar surface area (TPSA) is 56.5 Å². The highest BCUT2D eigenvalue weighted by Gasteiger charge is 2.33. The van der Waals surface area contributed by atoms with E-state index in [0.717, 1.165) is 52.2 Å². The molecule has 2 aliphatic heterocycles. The van der Waals surface area contributed by atoms with Crippen molar-refractivity contribution in [3.8, 4) is 0 Å². The highest BCUT2D eigenvalue weighted by Crippen LogP contribution is 2.21. The van der Waals surface area contributed by atoms with E-state index in [1.54, 1.807) is 0 Å². The summed E-state index contributed by atoms with van der Waals surface area (Å²) in [7, 11) is 0. The Hall–Kier alpha value is -0.160. The number of nitrogens with one attached hydrogen (secondary N) is 1. The van der Waals surface area contributed by atoms with Crippen molar-refractivity contribution in [1.82, 2.24) is 5.32 Å². The number of ether oxygens (including phenoxy) is 2. The molecule has 0 bridgehead atoms. The fraction of sp³-hybridized carbons (Fsp3) is 1.00. The largest absolute Gasteiger partial charge is 0.381 e. The summed E-state index contributed by atoms with van der Waals surface area (Å²) in [5.74, 6) is 0. The summed E-state index contributed by atoms with van der Waals surface area (Å²) in [6.45, 7) is 6.40. The van der Waals surface area contributed by atoms with Crippen LogP contribution in [0.3, 0.4) is 0 Å². The normalized spacial score (nSPS) is 34.9. The molecular formula is C12H24N2O2. The van der Waals surface area contributed by atoms with Crippen LogP contribution in [0.1, 0.15) is 32.6 Å². The third-order valence-electron chi connectivity index (χ3n) is 3.79. The SMILES string of the molecule is CC1(NCC2(N)CCOCC2)CCCOC1. The van der Waals surface area contributed by atoms with Crippen molar-refractivity contribution in [2.24, 2.45) is 5.73 Å². The van der Waals surface area contributed by atoms with E-state index in [1.807, 2.05) is 0 Å². The van der Waals surface area contributed by atoms with E-state index < -0.39 is 0 Å². The molecular weight excluding hydrogens is 204 g/mol. The fourth-order valence-corrected chi connectivity index (χ4v) is 2.42. The highest BCUT2D eigenvalue weighted by atomic mass is 16.5. The molecule has 0 aromatic carbocycles. The maximum atomic E-state index is 6.35. The molecule has 2 aliphatic rings. The van der Waals surface area contributed by atoms with Crippen LogP contribution in [-0.4, -0.2) is 44.1 Å². The van der Waals surface area contributed by atoms with Crippen LogP contribution >= 0.6 is 0 Å². The Bertz CT molecular complexity index is 197. The second-order valence-electron chi connectivity index (χ2n) is 5.55. The molecule has 3 N–H and O–H groups in total. The molecule has 16 heavy (non-hydrogen) atoms. The quantitative estimate of drug-likeness (QED) is 0.745. The molecule has 2 fully saturated rings. The molecule has 1 atom stereocenters. The maximum Gasteiger partial charge on any atom is 0.0645 e. The van der Waals surface area contributed by atoms with E-state index in [0.29, 0.717) is 0 Å². The second-order valence-corrected chi connectivity index (χ2v) is 5.55. The van der Waals surface area contributed by atoms with Crippen molar-refractivity contribution in [1.29, 1.82) is 0 Å². The number of rotatable bonds is 3. The van der Waals surface area contributed by atoms with Gasteiger partial charge in [0.2, 0.25) is 0 Å². The maximum absolute atomic E-state index is 6.35. The summed E-state index contributed by atoms with van der Waals surface area (Å²) in [5.41, 5.74) is 6.38. The van der Waals surface area contributed by atoms with E-state index >= 15 is 0 Å². The zero-order valence-corrected chi connectivity index (χ0v) is 10.3. The summed E-state index contributed by atoms with van der Waals surface area (Å²) in [4.78, 5) is 0. The predicted molar refractivity (Wildman–Crippen MR) is 63.4 cm³/mol. The number of nitrogens with two attached hydrogens (primary N) is 1. The number of hydrogen-bond donors (Lipinski definition) is 2. The molecule has 4 heteroatoms. The van der Waals surface area contributed by atoms with Gasteiger partial charge in [-0.1, -0.05) is 0 Å². The van der Waals surface area contributed by atoms with Gasteiger partial charge in [-0.3, -0.25) is 0 Å². The summed E-state index contributed by atoms with van der Waals surface area (Å²) in [6, 6.07) is 0. The molecule has 2 heterocycles. The van der Waals surface area contributed by atoms with Crippen molar-refractivity contribution in [2.75, 3.05) is 33.0 Å². The lowest BCUT2D eigenvalue weighted by molar-refractivity contribution is 0.0157. The molecule has 0 saturated carbocycles. The first kappa shape index (κ1) is 12.3. The molecule has 94 valence electrons. The molecule has 0 aromatic rings. The highest BCUT2D eigenvalue weighted by molar-refractivity contribution is 4.94. The van der Waals surface area contributed by atoms with Gasteiger partial charge in [-0.05, 0) is 32.6 Å². The van der Waals surface area contributed by atoms with Gasteiger partial charge >= 0.3 is 0 Å². The van der Waals surface area contributed by atoms with Crippen molar-refractivity contribution in [2.45, 2.75) is 43.7 Å². The van der Waals surface area contributed by atoms with Crippen molar-refractivity contribution in [3.05, 3.63) is 0 Å². The molecule has 4 nitrogen and oxygen atoms in total. The molecule has 0 aliphatic carbocycles. The van der Waals surface area contributed by atoms with Crippen LogP contribution in [0.15, 0.2) is 0 Å². The monoisotopic (exact) mass is 228 g/mol. The zero-order valence-electron chi connectivity index (χ0n) is 10.3. The van der Waals surface area contributed by atoms with Gasteiger partial charge in [0.25, 0.3) is 0 Å². The molecule has 0 radical (unpaired) electrons. The lowest BCUT2D eigenvalue weighted by Gasteiger charge is -2.40. The van der Waals surface area contributed by atoms with Crippen LogP contribution < -0.4 is 11.1 Å². The average Bonchev–Trinajstić information content (AvgIpc) is 2.29. The first-order chi connectivity index (χ1) is 7.62. The Labute approximate surface area is 97.9 Å². The van der Waals surface area contributed by atoms with Crippen LogP contribution in [0.5, 0.6) is 0 Å². The smallest absolute Gasteiger partial charge is 0.0645 e. The first-order valence-corrected chi connectivity index (χ1v) is 6.31. The van der Waals surface area contributed by atoms with E-state index in [2.05, 4.69) is 12.2 Å².